The molecular formula is C11H17N3O3S. The molecule has 1 atom stereocenters. The minimum atomic E-state index is -0.830. The van der Waals surface area contributed by atoms with Gasteiger partial charge in [-0.1, -0.05) is 6.07 Å². The summed E-state index contributed by atoms with van der Waals surface area (Å²) in [5.41, 5.74) is 0.996. The summed E-state index contributed by atoms with van der Waals surface area (Å²) in [6.07, 6.45) is 2.36. The molecule has 0 fully saturated rings. The van der Waals surface area contributed by atoms with E-state index < -0.39 is 15.7 Å². The third-order valence-corrected chi connectivity index (χ3v) is 3.28. The van der Waals surface area contributed by atoms with Crippen molar-refractivity contribution in [2.24, 2.45) is 0 Å². The van der Waals surface area contributed by atoms with E-state index in [-0.39, 0.29) is 5.69 Å². The average Bonchev–Trinajstić information content (AvgIpc) is 2.33. The average molecular weight is 271 g/mol. The van der Waals surface area contributed by atoms with Crippen LogP contribution in [0.5, 0.6) is 0 Å². The number of hydrogen-bond donors (Lipinski definition) is 2. The molecule has 7 heteroatoms. The Morgan fingerprint density at radius 3 is 2.61 bits per heavy atom. The van der Waals surface area contributed by atoms with E-state index in [1.54, 1.807) is 31.5 Å². The molecule has 2 N–H and O–H groups in total. The monoisotopic (exact) mass is 271 g/mol. The van der Waals surface area contributed by atoms with Gasteiger partial charge in [0.15, 0.2) is 0 Å². The Balaban J connectivity index is 2.75. The lowest BCUT2D eigenvalue weighted by Crippen LogP contribution is -2.08. The van der Waals surface area contributed by atoms with E-state index >= 15 is 0 Å². The van der Waals surface area contributed by atoms with E-state index in [0.29, 0.717) is 30.1 Å². The number of nitrogens with one attached hydrogen (secondary N) is 2. The smallest absolute Gasteiger partial charge is 0.315 e. The first kappa shape index (κ1) is 14.4. The number of para-hydroxylation sites is 1. The van der Waals surface area contributed by atoms with Crippen LogP contribution in [-0.2, 0) is 10.8 Å². The van der Waals surface area contributed by atoms with Crippen molar-refractivity contribution in [3.63, 3.8) is 0 Å². The van der Waals surface area contributed by atoms with Gasteiger partial charge in [-0.15, -0.1) is 0 Å². The van der Waals surface area contributed by atoms with Crippen molar-refractivity contribution in [2.75, 3.05) is 36.2 Å². The predicted octanol–water partition coefficient (Wildman–Crippen LogP) is 1.82. The maximum atomic E-state index is 11.0. The summed E-state index contributed by atoms with van der Waals surface area (Å²) < 4.78 is 10.9. The number of hydrogen-bond acceptors (Lipinski definition) is 5. The van der Waals surface area contributed by atoms with Gasteiger partial charge in [0.2, 0.25) is 0 Å². The van der Waals surface area contributed by atoms with Crippen LogP contribution in [-0.4, -0.2) is 34.7 Å². The van der Waals surface area contributed by atoms with Crippen molar-refractivity contribution in [2.45, 2.75) is 6.42 Å². The molecule has 1 rings (SSSR count). The molecule has 0 bridgehead atoms. The fraction of sp³-hybridized carbons (Fsp3) is 0.455. The van der Waals surface area contributed by atoms with Crippen molar-refractivity contribution >= 4 is 27.9 Å². The van der Waals surface area contributed by atoms with Crippen molar-refractivity contribution in [3.05, 3.63) is 28.3 Å². The fourth-order valence-electron chi connectivity index (χ4n) is 1.58. The molecule has 100 valence electrons. The Morgan fingerprint density at radius 1 is 1.39 bits per heavy atom. The second-order valence-corrected chi connectivity index (χ2v) is 5.32. The maximum absolute atomic E-state index is 11.0. The van der Waals surface area contributed by atoms with Gasteiger partial charge in [0.25, 0.3) is 0 Å². The second-order valence-electron chi connectivity index (χ2n) is 3.77. The van der Waals surface area contributed by atoms with Crippen LogP contribution in [0.25, 0.3) is 0 Å². The number of nitro groups is 1. The van der Waals surface area contributed by atoms with Crippen molar-refractivity contribution in [1.82, 2.24) is 0 Å². The molecule has 0 aromatic heterocycles. The van der Waals surface area contributed by atoms with Crippen molar-refractivity contribution < 1.29 is 9.13 Å². The topological polar surface area (TPSA) is 84.3 Å². The van der Waals surface area contributed by atoms with Gasteiger partial charge < -0.3 is 10.6 Å². The van der Waals surface area contributed by atoms with E-state index in [2.05, 4.69) is 10.6 Å². The molecule has 0 radical (unpaired) electrons. The van der Waals surface area contributed by atoms with Crippen LogP contribution in [0.4, 0.5) is 17.1 Å². The molecule has 0 aliphatic heterocycles. The van der Waals surface area contributed by atoms with Gasteiger partial charge in [-0.05, 0) is 18.6 Å². The largest absolute Gasteiger partial charge is 0.382 e. The van der Waals surface area contributed by atoms with Gasteiger partial charge in [0.05, 0.1) is 4.92 Å². The lowest BCUT2D eigenvalue weighted by Gasteiger charge is -2.09. The number of rotatable bonds is 7. The molecular weight excluding hydrogens is 254 g/mol. The van der Waals surface area contributed by atoms with E-state index in [0.717, 1.165) is 0 Å². The molecule has 0 heterocycles. The zero-order valence-electron chi connectivity index (χ0n) is 10.4. The van der Waals surface area contributed by atoms with Crippen molar-refractivity contribution in [1.29, 1.82) is 0 Å². The molecule has 0 spiro atoms. The molecule has 1 aromatic carbocycles. The lowest BCUT2D eigenvalue weighted by molar-refractivity contribution is -0.383. The zero-order valence-corrected chi connectivity index (χ0v) is 11.3. The minimum absolute atomic E-state index is 0.0395. The van der Waals surface area contributed by atoms with Gasteiger partial charge in [-0.2, -0.15) is 0 Å². The summed E-state index contributed by atoms with van der Waals surface area (Å²) in [5.74, 6) is 0.590. The highest BCUT2D eigenvalue weighted by atomic mass is 32.2. The SMILES string of the molecule is CNc1cccc(NCCCS(C)=O)c1[N+](=O)[O-]. The van der Waals surface area contributed by atoms with Gasteiger partial charge in [0, 0.05) is 36.4 Å². The standard InChI is InChI=1S/C11H17N3O3S/c1-12-9-5-3-6-10(11(9)14(15)16)13-7-4-8-18(2)17/h3,5-6,12-13H,4,7-8H2,1-2H3. The van der Waals surface area contributed by atoms with Crippen molar-refractivity contribution in [3.8, 4) is 0 Å². The van der Waals surface area contributed by atoms with Crippen LogP contribution in [0.1, 0.15) is 6.42 Å². The molecule has 0 amide bonds. The normalized spacial score (nSPS) is 11.9. The molecule has 0 saturated heterocycles. The van der Waals surface area contributed by atoms with Gasteiger partial charge in [0.1, 0.15) is 11.4 Å². The van der Waals surface area contributed by atoms with E-state index in [9.17, 15) is 14.3 Å². The van der Waals surface area contributed by atoms with Gasteiger partial charge in [-0.25, -0.2) is 0 Å². The highest BCUT2D eigenvalue weighted by Crippen LogP contribution is 2.32. The Bertz CT molecular complexity index is 451. The number of benzene rings is 1. The predicted molar refractivity (Wildman–Crippen MR) is 74.7 cm³/mol. The van der Waals surface area contributed by atoms with E-state index in [4.69, 9.17) is 0 Å². The zero-order chi connectivity index (χ0) is 13.5. The van der Waals surface area contributed by atoms with Crippen LogP contribution in [0.2, 0.25) is 0 Å². The highest BCUT2D eigenvalue weighted by molar-refractivity contribution is 7.84. The first-order valence-corrected chi connectivity index (χ1v) is 7.28. The second kappa shape index (κ2) is 6.95. The lowest BCUT2D eigenvalue weighted by atomic mass is 10.2. The van der Waals surface area contributed by atoms with Gasteiger partial charge >= 0.3 is 5.69 Å². The molecule has 0 aliphatic rings. The van der Waals surface area contributed by atoms with Crippen LogP contribution >= 0.6 is 0 Å². The van der Waals surface area contributed by atoms with Crippen LogP contribution in [0, 0.1) is 10.1 Å². The summed E-state index contributed by atoms with van der Waals surface area (Å²) >= 11 is 0. The number of anilines is 2. The first-order valence-electron chi connectivity index (χ1n) is 5.55. The van der Waals surface area contributed by atoms with Crippen LogP contribution in [0.3, 0.4) is 0 Å². The summed E-state index contributed by atoms with van der Waals surface area (Å²) in [6.45, 7) is 0.563. The molecule has 0 aliphatic carbocycles. The first-order chi connectivity index (χ1) is 8.56. The summed E-state index contributed by atoms with van der Waals surface area (Å²) in [6, 6.07) is 5.07. The quantitative estimate of drug-likeness (QED) is 0.449. The Labute approximate surface area is 108 Å². The minimum Gasteiger partial charge on any atom is -0.382 e. The molecule has 18 heavy (non-hydrogen) atoms. The third-order valence-electron chi connectivity index (χ3n) is 2.41. The molecule has 6 nitrogen and oxygen atoms in total. The van der Waals surface area contributed by atoms with Crippen LogP contribution < -0.4 is 10.6 Å². The summed E-state index contributed by atoms with van der Waals surface area (Å²) in [5, 5.41) is 16.8. The Kier molecular flexibility index (Phi) is 5.57. The van der Waals surface area contributed by atoms with Crippen LogP contribution in [0.15, 0.2) is 18.2 Å². The van der Waals surface area contributed by atoms with E-state index in [1.165, 1.54) is 0 Å². The fourth-order valence-corrected chi connectivity index (χ4v) is 2.13. The number of nitro benzene ring substituents is 1. The Morgan fingerprint density at radius 2 is 2.06 bits per heavy atom. The molecule has 1 unspecified atom stereocenters. The molecule has 0 saturated carbocycles. The molecule has 1 aromatic rings. The Hall–Kier alpha value is -1.63. The van der Waals surface area contributed by atoms with Gasteiger partial charge in [-0.3, -0.25) is 14.3 Å². The number of nitrogens with zero attached hydrogens (tertiary/aromatic N) is 1. The highest BCUT2D eigenvalue weighted by Gasteiger charge is 2.18. The maximum Gasteiger partial charge on any atom is 0.315 e. The summed E-state index contributed by atoms with van der Waals surface area (Å²) in [4.78, 5) is 10.6. The van der Waals surface area contributed by atoms with E-state index in [1.807, 2.05) is 0 Å². The third kappa shape index (κ3) is 3.99. The summed E-state index contributed by atoms with van der Waals surface area (Å²) in [7, 11) is 0.815.